The monoisotopic (exact) mass is 338 g/mol. The van der Waals surface area contributed by atoms with Gasteiger partial charge < -0.3 is 15.6 Å². The molecule has 0 aliphatic carbocycles. The van der Waals surface area contributed by atoms with Crippen LogP contribution < -0.4 is 5.73 Å². The molecule has 3 heterocycles. The van der Waals surface area contributed by atoms with E-state index in [-0.39, 0.29) is 12.7 Å². The third kappa shape index (κ3) is 2.71. The lowest BCUT2D eigenvalue weighted by Gasteiger charge is -2.11. The number of hydrogen-bond acceptors (Lipinski definition) is 6. The van der Waals surface area contributed by atoms with Crippen molar-refractivity contribution in [3.8, 4) is 11.3 Å². The highest BCUT2D eigenvalue weighted by Gasteiger charge is 2.14. The normalized spacial score (nSPS) is 12.9. The molecule has 8 nitrogen and oxygen atoms in total. The number of pyridine rings is 1. The summed E-state index contributed by atoms with van der Waals surface area (Å²) in [7, 11) is 1.56. The molecule has 0 saturated carbocycles. The van der Waals surface area contributed by atoms with Crippen LogP contribution in [0.15, 0.2) is 36.7 Å². The topological polar surface area (TPSA) is 115 Å². The molecule has 8 heteroatoms. The minimum atomic E-state index is -0.318. The van der Waals surface area contributed by atoms with Crippen LogP contribution in [-0.2, 0) is 11.3 Å². The van der Waals surface area contributed by atoms with Gasteiger partial charge in [-0.05, 0) is 18.2 Å². The predicted molar refractivity (Wildman–Crippen MR) is 94.9 cm³/mol. The van der Waals surface area contributed by atoms with E-state index < -0.39 is 0 Å². The molecule has 1 atom stereocenters. The molecule has 0 radical (unpaired) electrons. The number of aliphatic hydroxyl groups is 1. The minimum absolute atomic E-state index is 0.0752. The summed E-state index contributed by atoms with van der Waals surface area (Å²) in [4.78, 5) is 4.51. The SMILES string of the molecule is COC(CO)Cn1cc2c(N)nc3cc(-c4cc[nH]n4)ccc3c2n1. The number of benzene rings is 1. The number of aliphatic hydroxyl groups excluding tert-OH is 1. The van der Waals surface area contributed by atoms with Gasteiger partial charge in [-0.25, -0.2) is 4.98 Å². The number of methoxy groups -OCH3 is 1. The molecule has 128 valence electrons. The van der Waals surface area contributed by atoms with E-state index in [1.54, 1.807) is 18.0 Å². The number of fused-ring (bicyclic) bond motifs is 3. The van der Waals surface area contributed by atoms with E-state index in [9.17, 15) is 5.11 Å². The predicted octanol–water partition coefficient (Wildman–Crippen LogP) is 1.56. The van der Waals surface area contributed by atoms with Gasteiger partial charge in [0.25, 0.3) is 0 Å². The van der Waals surface area contributed by atoms with Gasteiger partial charge in [0.1, 0.15) is 11.3 Å². The van der Waals surface area contributed by atoms with E-state index in [0.29, 0.717) is 12.4 Å². The lowest BCUT2D eigenvalue weighted by atomic mass is 10.1. The molecule has 1 aromatic carbocycles. The summed E-state index contributed by atoms with van der Waals surface area (Å²) < 4.78 is 6.94. The summed E-state index contributed by atoms with van der Waals surface area (Å²) in [5, 5.41) is 22.6. The van der Waals surface area contributed by atoms with E-state index in [2.05, 4.69) is 20.3 Å². The van der Waals surface area contributed by atoms with E-state index in [0.717, 1.165) is 33.1 Å². The van der Waals surface area contributed by atoms with Crippen molar-refractivity contribution in [3.63, 3.8) is 0 Å². The second-order valence-electron chi connectivity index (χ2n) is 5.84. The molecule has 4 rings (SSSR count). The quantitative estimate of drug-likeness (QED) is 0.509. The fraction of sp³-hybridized carbons (Fsp3) is 0.235. The maximum Gasteiger partial charge on any atom is 0.135 e. The molecule has 0 fully saturated rings. The Hall–Kier alpha value is -2.97. The van der Waals surface area contributed by atoms with Gasteiger partial charge in [0.15, 0.2) is 0 Å². The molecule has 3 aromatic heterocycles. The smallest absolute Gasteiger partial charge is 0.135 e. The minimum Gasteiger partial charge on any atom is -0.394 e. The number of nitrogens with zero attached hydrogens (tertiary/aromatic N) is 4. The van der Waals surface area contributed by atoms with Gasteiger partial charge in [0.05, 0.1) is 35.9 Å². The molecule has 0 bridgehead atoms. The second kappa shape index (κ2) is 6.15. The summed E-state index contributed by atoms with van der Waals surface area (Å²) in [6, 6.07) is 7.81. The summed E-state index contributed by atoms with van der Waals surface area (Å²) in [5.74, 6) is 0.422. The average Bonchev–Trinajstić information content (AvgIpc) is 3.29. The van der Waals surface area contributed by atoms with Gasteiger partial charge in [0, 0.05) is 30.5 Å². The standard InChI is InChI=1S/C17H18N6O2/c1-25-11(9-24)7-23-8-13-16(22-23)12-3-2-10(14-4-5-19-21-14)6-15(12)20-17(13)18/h2-6,8,11,24H,7,9H2,1H3,(H2,18,20)(H,19,21). The number of aromatic amines is 1. The molecular weight excluding hydrogens is 320 g/mol. The first-order chi connectivity index (χ1) is 12.2. The Morgan fingerprint density at radius 2 is 2.20 bits per heavy atom. The zero-order valence-electron chi connectivity index (χ0n) is 13.7. The maximum absolute atomic E-state index is 9.30. The Morgan fingerprint density at radius 1 is 1.32 bits per heavy atom. The molecule has 0 aliphatic rings. The summed E-state index contributed by atoms with van der Waals surface area (Å²) in [6.07, 6.45) is 3.29. The van der Waals surface area contributed by atoms with E-state index >= 15 is 0 Å². The van der Waals surface area contributed by atoms with E-state index in [4.69, 9.17) is 10.5 Å². The highest BCUT2D eigenvalue weighted by molar-refractivity contribution is 6.08. The van der Waals surface area contributed by atoms with Crippen LogP contribution in [0.3, 0.4) is 0 Å². The second-order valence-corrected chi connectivity index (χ2v) is 5.84. The average molecular weight is 338 g/mol. The van der Waals surface area contributed by atoms with Crippen molar-refractivity contribution in [2.24, 2.45) is 0 Å². The summed E-state index contributed by atoms with van der Waals surface area (Å²) in [5.41, 5.74) is 9.48. The Balaban J connectivity index is 1.84. The van der Waals surface area contributed by atoms with Crippen LogP contribution in [0, 0.1) is 0 Å². The lowest BCUT2D eigenvalue weighted by Crippen LogP contribution is -2.22. The van der Waals surface area contributed by atoms with E-state index in [1.807, 2.05) is 30.5 Å². The molecule has 4 aromatic rings. The van der Waals surface area contributed by atoms with Crippen molar-refractivity contribution >= 4 is 27.6 Å². The van der Waals surface area contributed by atoms with Crippen LogP contribution in [0.25, 0.3) is 33.1 Å². The van der Waals surface area contributed by atoms with Crippen LogP contribution >= 0.6 is 0 Å². The molecule has 4 N–H and O–H groups in total. The number of nitrogens with two attached hydrogens (primary N) is 1. The zero-order valence-corrected chi connectivity index (χ0v) is 13.7. The third-order valence-corrected chi connectivity index (χ3v) is 4.26. The summed E-state index contributed by atoms with van der Waals surface area (Å²) >= 11 is 0. The van der Waals surface area contributed by atoms with E-state index in [1.165, 1.54) is 0 Å². The van der Waals surface area contributed by atoms with Gasteiger partial charge in [-0.15, -0.1) is 0 Å². The largest absolute Gasteiger partial charge is 0.394 e. The Morgan fingerprint density at radius 3 is 2.92 bits per heavy atom. The molecular formula is C17H18N6O2. The van der Waals surface area contributed by atoms with Gasteiger partial charge in [-0.3, -0.25) is 9.78 Å². The Bertz CT molecular complexity index is 1020. The number of nitrogen functional groups attached to an aromatic ring is 1. The fourth-order valence-electron chi connectivity index (χ4n) is 2.91. The fourth-order valence-corrected chi connectivity index (χ4v) is 2.91. The molecule has 0 saturated heterocycles. The van der Waals surface area contributed by atoms with Crippen LogP contribution in [0.1, 0.15) is 0 Å². The molecule has 0 amide bonds. The van der Waals surface area contributed by atoms with Crippen LogP contribution in [0.2, 0.25) is 0 Å². The number of aromatic nitrogens is 5. The van der Waals surface area contributed by atoms with Crippen LogP contribution in [-0.4, -0.2) is 49.9 Å². The highest BCUT2D eigenvalue weighted by Crippen LogP contribution is 2.29. The number of anilines is 1. The van der Waals surface area contributed by atoms with Crippen molar-refractivity contribution in [2.75, 3.05) is 19.5 Å². The van der Waals surface area contributed by atoms with Gasteiger partial charge in [0.2, 0.25) is 0 Å². The third-order valence-electron chi connectivity index (χ3n) is 4.26. The molecule has 25 heavy (non-hydrogen) atoms. The van der Waals surface area contributed by atoms with Crippen molar-refractivity contribution < 1.29 is 9.84 Å². The van der Waals surface area contributed by atoms with Crippen molar-refractivity contribution in [1.29, 1.82) is 0 Å². The molecule has 1 unspecified atom stereocenters. The van der Waals surface area contributed by atoms with Crippen molar-refractivity contribution in [2.45, 2.75) is 12.6 Å². The first-order valence-electron chi connectivity index (χ1n) is 7.90. The number of hydrogen-bond donors (Lipinski definition) is 3. The summed E-state index contributed by atoms with van der Waals surface area (Å²) in [6.45, 7) is 0.363. The number of H-pyrrole nitrogens is 1. The lowest BCUT2D eigenvalue weighted by molar-refractivity contribution is 0.0350. The van der Waals surface area contributed by atoms with Crippen LogP contribution in [0.5, 0.6) is 0 Å². The van der Waals surface area contributed by atoms with Crippen LogP contribution in [0.4, 0.5) is 5.82 Å². The Labute approximate surface area is 143 Å². The number of ether oxygens (including phenoxy) is 1. The molecule has 0 aliphatic heterocycles. The Kier molecular flexibility index (Phi) is 3.83. The maximum atomic E-state index is 9.30. The highest BCUT2D eigenvalue weighted by atomic mass is 16.5. The van der Waals surface area contributed by atoms with Gasteiger partial charge >= 0.3 is 0 Å². The van der Waals surface area contributed by atoms with Gasteiger partial charge in [-0.2, -0.15) is 10.2 Å². The first-order valence-corrected chi connectivity index (χ1v) is 7.90. The molecule has 0 spiro atoms. The number of rotatable bonds is 5. The van der Waals surface area contributed by atoms with Crippen molar-refractivity contribution in [1.82, 2.24) is 25.0 Å². The first kappa shape index (κ1) is 15.6. The van der Waals surface area contributed by atoms with Gasteiger partial charge in [-0.1, -0.05) is 6.07 Å². The van der Waals surface area contributed by atoms with Crippen molar-refractivity contribution in [3.05, 3.63) is 36.7 Å². The number of nitrogens with one attached hydrogen (secondary N) is 1. The zero-order chi connectivity index (χ0) is 17.4.